The molecule has 0 bridgehead atoms. The van der Waals surface area contributed by atoms with Crippen molar-refractivity contribution in [3.8, 4) is 0 Å². The second-order valence-electron chi connectivity index (χ2n) is 4.19. The van der Waals surface area contributed by atoms with Crippen molar-refractivity contribution in [2.45, 2.75) is 19.3 Å². The maximum absolute atomic E-state index is 11.8. The van der Waals surface area contributed by atoms with Gasteiger partial charge in [0.25, 0.3) is 0 Å². The van der Waals surface area contributed by atoms with Crippen LogP contribution in [0, 0.1) is 0 Å². The third-order valence-corrected chi connectivity index (χ3v) is 2.70. The Kier molecular flexibility index (Phi) is 3.70. The summed E-state index contributed by atoms with van der Waals surface area (Å²) in [6, 6.07) is 10.2. The van der Waals surface area contributed by atoms with E-state index >= 15 is 0 Å². The molecule has 0 aliphatic carbocycles. The van der Waals surface area contributed by atoms with Gasteiger partial charge in [-0.25, -0.2) is 4.98 Å². The number of ketones is 1. The molecule has 0 atom stereocenters. The molecule has 0 aliphatic rings. The van der Waals surface area contributed by atoms with Gasteiger partial charge in [-0.05, 0) is 18.4 Å². The zero-order chi connectivity index (χ0) is 12.1. The molecule has 0 radical (unpaired) electrons. The predicted molar refractivity (Wildman–Crippen MR) is 66.9 cm³/mol. The van der Waals surface area contributed by atoms with Crippen LogP contribution in [0.1, 0.15) is 28.9 Å². The molecule has 3 heteroatoms. The fourth-order valence-electron chi connectivity index (χ4n) is 1.78. The highest BCUT2D eigenvalue weighted by Crippen LogP contribution is 2.07. The lowest BCUT2D eigenvalue weighted by Crippen LogP contribution is -2.00. The van der Waals surface area contributed by atoms with Crippen LogP contribution in [-0.4, -0.2) is 15.3 Å². The van der Waals surface area contributed by atoms with Crippen molar-refractivity contribution in [3.63, 3.8) is 0 Å². The first kappa shape index (κ1) is 11.6. The van der Waals surface area contributed by atoms with Crippen molar-refractivity contribution < 1.29 is 4.79 Å². The number of carbonyl (C=O) groups is 1. The summed E-state index contributed by atoms with van der Waals surface area (Å²) >= 11 is 0. The van der Waals surface area contributed by atoms with Gasteiger partial charge in [0.2, 0.25) is 0 Å². The molecule has 2 rings (SSSR count). The molecule has 0 amide bonds. The molecule has 88 valence electrons. The molecule has 2 aromatic rings. The molecule has 0 N–H and O–H groups in total. The van der Waals surface area contributed by atoms with Gasteiger partial charge in [-0.15, -0.1) is 0 Å². The molecule has 0 saturated carbocycles. The molecule has 0 saturated heterocycles. The molecule has 0 unspecified atom stereocenters. The number of imidazole rings is 1. The lowest BCUT2D eigenvalue weighted by Gasteiger charge is -1.99. The third-order valence-electron chi connectivity index (χ3n) is 2.70. The Morgan fingerprint density at radius 1 is 1.29 bits per heavy atom. The van der Waals surface area contributed by atoms with Gasteiger partial charge in [0.05, 0.1) is 6.33 Å². The highest BCUT2D eigenvalue weighted by molar-refractivity contribution is 5.93. The van der Waals surface area contributed by atoms with E-state index in [9.17, 15) is 4.79 Å². The lowest BCUT2D eigenvalue weighted by atomic mass is 10.1. The van der Waals surface area contributed by atoms with E-state index in [1.54, 1.807) is 17.1 Å². The fourth-order valence-corrected chi connectivity index (χ4v) is 1.78. The minimum Gasteiger partial charge on any atom is -0.340 e. The van der Waals surface area contributed by atoms with E-state index in [0.29, 0.717) is 12.1 Å². The normalized spacial score (nSPS) is 10.4. The van der Waals surface area contributed by atoms with Crippen LogP contribution < -0.4 is 0 Å². The van der Waals surface area contributed by atoms with Gasteiger partial charge in [0.1, 0.15) is 5.69 Å². The first-order chi connectivity index (χ1) is 8.25. The minimum absolute atomic E-state index is 0.126. The topological polar surface area (TPSA) is 34.9 Å². The Morgan fingerprint density at radius 2 is 2.06 bits per heavy atom. The number of carbonyl (C=O) groups excluding carboxylic acids is 1. The summed E-state index contributed by atoms with van der Waals surface area (Å²) in [4.78, 5) is 15.8. The van der Waals surface area contributed by atoms with Crippen LogP contribution in [0.3, 0.4) is 0 Å². The Balaban J connectivity index is 1.81. The van der Waals surface area contributed by atoms with Gasteiger partial charge in [-0.1, -0.05) is 30.3 Å². The Labute approximate surface area is 101 Å². The number of hydrogen-bond donors (Lipinski definition) is 0. The highest BCUT2D eigenvalue weighted by atomic mass is 16.1. The molecule has 1 aromatic carbocycles. The number of benzene rings is 1. The van der Waals surface area contributed by atoms with E-state index in [1.165, 1.54) is 5.56 Å². The smallest absolute Gasteiger partial charge is 0.182 e. The third kappa shape index (κ3) is 3.28. The van der Waals surface area contributed by atoms with E-state index in [0.717, 1.165) is 12.8 Å². The second-order valence-corrected chi connectivity index (χ2v) is 4.19. The lowest BCUT2D eigenvalue weighted by molar-refractivity contribution is 0.0976. The maximum atomic E-state index is 11.8. The molecule has 17 heavy (non-hydrogen) atoms. The van der Waals surface area contributed by atoms with E-state index in [1.807, 2.05) is 25.2 Å². The molecule has 1 heterocycles. The molecule has 3 nitrogen and oxygen atoms in total. The molecular formula is C14H16N2O. The van der Waals surface area contributed by atoms with Gasteiger partial charge in [-0.3, -0.25) is 4.79 Å². The second kappa shape index (κ2) is 5.43. The SMILES string of the molecule is Cn1cnc(C(=O)CCCc2ccccc2)c1. The zero-order valence-corrected chi connectivity index (χ0v) is 9.97. The molecule has 0 aliphatic heterocycles. The zero-order valence-electron chi connectivity index (χ0n) is 9.97. The van der Waals surface area contributed by atoms with Crippen molar-refractivity contribution in [2.24, 2.45) is 7.05 Å². The summed E-state index contributed by atoms with van der Waals surface area (Å²) < 4.78 is 1.80. The van der Waals surface area contributed by atoms with E-state index < -0.39 is 0 Å². The van der Waals surface area contributed by atoms with Gasteiger partial charge in [-0.2, -0.15) is 0 Å². The van der Waals surface area contributed by atoms with E-state index in [-0.39, 0.29) is 5.78 Å². The minimum atomic E-state index is 0.126. The van der Waals surface area contributed by atoms with Crippen LogP contribution in [-0.2, 0) is 13.5 Å². The van der Waals surface area contributed by atoms with E-state index in [4.69, 9.17) is 0 Å². The van der Waals surface area contributed by atoms with Gasteiger partial charge < -0.3 is 4.57 Å². The Morgan fingerprint density at radius 3 is 2.71 bits per heavy atom. The van der Waals surface area contributed by atoms with Gasteiger partial charge >= 0.3 is 0 Å². The quantitative estimate of drug-likeness (QED) is 0.737. The Hall–Kier alpha value is -1.90. The maximum Gasteiger partial charge on any atom is 0.182 e. The van der Waals surface area contributed by atoms with Crippen molar-refractivity contribution >= 4 is 5.78 Å². The summed E-state index contributed by atoms with van der Waals surface area (Å²) in [5.41, 5.74) is 1.85. The van der Waals surface area contributed by atoms with Crippen LogP contribution in [0.15, 0.2) is 42.9 Å². The monoisotopic (exact) mass is 228 g/mol. The van der Waals surface area contributed by atoms with Gasteiger partial charge in [0.15, 0.2) is 5.78 Å². The van der Waals surface area contributed by atoms with Crippen molar-refractivity contribution in [1.82, 2.24) is 9.55 Å². The fraction of sp³-hybridized carbons (Fsp3) is 0.286. The van der Waals surface area contributed by atoms with Crippen LogP contribution in [0.4, 0.5) is 0 Å². The van der Waals surface area contributed by atoms with Crippen molar-refractivity contribution in [2.75, 3.05) is 0 Å². The van der Waals surface area contributed by atoms with Crippen LogP contribution in [0.25, 0.3) is 0 Å². The Bertz CT molecular complexity index is 488. The van der Waals surface area contributed by atoms with Crippen LogP contribution in [0.2, 0.25) is 0 Å². The first-order valence-electron chi connectivity index (χ1n) is 5.81. The molecule has 1 aromatic heterocycles. The summed E-state index contributed by atoms with van der Waals surface area (Å²) in [5.74, 6) is 0.126. The number of aromatic nitrogens is 2. The largest absolute Gasteiger partial charge is 0.340 e. The first-order valence-corrected chi connectivity index (χ1v) is 5.81. The average Bonchev–Trinajstić information content (AvgIpc) is 2.77. The van der Waals surface area contributed by atoms with Crippen LogP contribution in [0.5, 0.6) is 0 Å². The summed E-state index contributed by atoms with van der Waals surface area (Å²) in [5, 5.41) is 0. The molecule has 0 spiro atoms. The molecular weight excluding hydrogens is 212 g/mol. The predicted octanol–water partition coefficient (Wildman–Crippen LogP) is 2.63. The van der Waals surface area contributed by atoms with Crippen molar-refractivity contribution in [1.29, 1.82) is 0 Å². The summed E-state index contributed by atoms with van der Waals surface area (Å²) in [6.07, 6.45) is 5.81. The number of aryl methyl sites for hydroxylation is 2. The van der Waals surface area contributed by atoms with Crippen LogP contribution >= 0.6 is 0 Å². The number of nitrogens with zero attached hydrogens (tertiary/aromatic N) is 2. The number of rotatable bonds is 5. The van der Waals surface area contributed by atoms with Crippen molar-refractivity contribution in [3.05, 3.63) is 54.1 Å². The summed E-state index contributed by atoms with van der Waals surface area (Å²) in [6.45, 7) is 0. The summed E-state index contributed by atoms with van der Waals surface area (Å²) in [7, 11) is 1.87. The standard InChI is InChI=1S/C14H16N2O/c1-16-10-13(15-11-16)14(17)9-5-8-12-6-3-2-4-7-12/h2-4,6-7,10-11H,5,8-9H2,1H3. The van der Waals surface area contributed by atoms with Gasteiger partial charge in [0, 0.05) is 19.7 Å². The number of Topliss-reactive ketones (excluding diaryl/α,β-unsaturated/α-hetero) is 1. The highest BCUT2D eigenvalue weighted by Gasteiger charge is 2.08. The van der Waals surface area contributed by atoms with E-state index in [2.05, 4.69) is 17.1 Å². The average molecular weight is 228 g/mol. The number of hydrogen-bond acceptors (Lipinski definition) is 2. The molecule has 0 fully saturated rings.